The smallest absolute Gasteiger partial charge is 0.237 e. The first-order valence-corrected chi connectivity index (χ1v) is 7.10. The monoisotopic (exact) mass is 271 g/mol. The fraction of sp³-hybridized carbons (Fsp3) is 0.200. The van der Waals surface area contributed by atoms with Crippen LogP contribution in [-0.2, 0) is 9.59 Å². The van der Waals surface area contributed by atoms with Gasteiger partial charge >= 0.3 is 0 Å². The third-order valence-corrected chi connectivity index (χ3v) is 4.28. The molecule has 0 unspecified atom stereocenters. The maximum Gasteiger partial charge on any atom is 0.237 e. The van der Waals surface area contributed by atoms with E-state index >= 15 is 0 Å². The third kappa shape index (κ3) is 2.12. The van der Waals surface area contributed by atoms with Crippen molar-refractivity contribution in [2.75, 3.05) is 17.2 Å². The highest BCUT2D eigenvalue weighted by atomic mass is 32.2. The van der Waals surface area contributed by atoms with E-state index in [-0.39, 0.29) is 18.2 Å². The number of rotatable bonds is 2. The van der Waals surface area contributed by atoms with Crippen LogP contribution < -0.4 is 4.90 Å². The maximum absolute atomic E-state index is 12.0. The second-order valence-electron chi connectivity index (χ2n) is 4.61. The van der Waals surface area contributed by atoms with E-state index < -0.39 is 0 Å². The average Bonchev–Trinajstić information content (AvgIpc) is 2.41. The van der Waals surface area contributed by atoms with Crippen LogP contribution in [0.3, 0.4) is 0 Å². The summed E-state index contributed by atoms with van der Waals surface area (Å²) in [7, 11) is 0. The minimum atomic E-state index is -0.000594. The molecule has 4 heteroatoms. The number of hydrogen-bond acceptors (Lipinski definition) is 3. The molecule has 0 bridgehead atoms. The Morgan fingerprint density at radius 1 is 1.26 bits per heavy atom. The molecule has 0 fully saturated rings. The lowest BCUT2D eigenvalue weighted by molar-refractivity contribution is -0.120. The van der Waals surface area contributed by atoms with Crippen LogP contribution in [-0.4, -0.2) is 24.0 Å². The number of Topliss-reactive ketones (excluding diaryl/α,β-unsaturated/α-hetero) is 1. The second kappa shape index (κ2) is 4.70. The number of hydrogen-bond donors (Lipinski definition) is 0. The van der Waals surface area contributed by atoms with Crippen LogP contribution in [0.5, 0.6) is 0 Å². The minimum absolute atomic E-state index is 0.000594. The van der Waals surface area contributed by atoms with Crippen molar-refractivity contribution in [1.82, 2.24) is 0 Å². The molecule has 0 atom stereocenters. The number of carbonyl (C=O) groups is 2. The van der Waals surface area contributed by atoms with Gasteiger partial charge in [0, 0.05) is 4.90 Å². The van der Waals surface area contributed by atoms with Gasteiger partial charge in [-0.3, -0.25) is 9.59 Å². The highest BCUT2D eigenvalue weighted by Gasteiger charge is 2.26. The molecule has 1 aliphatic heterocycles. The zero-order valence-corrected chi connectivity index (χ0v) is 11.4. The lowest BCUT2D eigenvalue weighted by atomic mass is 10.1. The predicted molar refractivity (Wildman–Crippen MR) is 77.7 cm³/mol. The lowest BCUT2D eigenvalue weighted by Crippen LogP contribution is -2.38. The number of nitrogens with zero attached hydrogens (tertiary/aromatic N) is 1. The van der Waals surface area contributed by atoms with Gasteiger partial charge in [0.05, 0.1) is 18.0 Å². The molecule has 0 N–H and O–H groups in total. The van der Waals surface area contributed by atoms with Crippen molar-refractivity contribution in [2.45, 2.75) is 11.8 Å². The van der Waals surface area contributed by atoms with Crippen molar-refractivity contribution in [2.24, 2.45) is 0 Å². The van der Waals surface area contributed by atoms with Gasteiger partial charge in [0.2, 0.25) is 5.91 Å². The van der Waals surface area contributed by atoms with E-state index in [1.54, 1.807) is 16.7 Å². The standard InChI is InChI=1S/C15H13NO2S/c1-10(17)8-16-13-7-6-11-4-2-3-5-12(11)15(13)19-9-14(16)18/h2-7H,8-9H2,1H3. The van der Waals surface area contributed by atoms with Crippen LogP contribution >= 0.6 is 11.8 Å². The molecule has 2 aromatic rings. The van der Waals surface area contributed by atoms with Crippen molar-refractivity contribution in [1.29, 1.82) is 0 Å². The van der Waals surface area contributed by atoms with Gasteiger partial charge in [0.1, 0.15) is 5.78 Å². The molecule has 1 heterocycles. The van der Waals surface area contributed by atoms with Gasteiger partial charge in [-0.25, -0.2) is 0 Å². The topological polar surface area (TPSA) is 37.4 Å². The SMILES string of the molecule is CC(=O)CN1C(=O)CSc2c1ccc1ccccc21. The molecule has 0 spiro atoms. The molecule has 3 nitrogen and oxygen atoms in total. The van der Waals surface area contributed by atoms with Crippen molar-refractivity contribution in [3.05, 3.63) is 36.4 Å². The summed E-state index contributed by atoms with van der Waals surface area (Å²) in [5.41, 5.74) is 0.857. The summed E-state index contributed by atoms with van der Waals surface area (Å²) in [5.74, 6) is 0.399. The number of carbonyl (C=O) groups excluding carboxylic acids is 2. The van der Waals surface area contributed by atoms with Gasteiger partial charge in [-0.05, 0) is 23.8 Å². The predicted octanol–water partition coefficient (Wildman–Crippen LogP) is 2.87. The van der Waals surface area contributed by atoms with Gasteiger partial charge < -0.3 is 4.90 Å². The molecule has 96 valence electrons. The average molecular weight is 271 g/mol. The molecule has 1 aliphatic rings. The summed E-state index contributed by atoms with van der Waals surface area (Å²) in [5, 5.41) is 2.30. The summed E-state index contributed by atoms with van der Waals surface area (Å²) in [6, 6.07) is 12.0. The molecule has 3 rings (SSSR count). The van der Waals surface area contributed by atoms with Crippen LogP contribution in [0.2, 0.25) is 0 Å². The summed E-state index contributed by atoms with van der Waals surface area (Å²) in [6.45, 7) is 1.67. The molecule has 0 saturated carbocycles. The van der Waals surface area contributed by atoms with Crippen LogP contribution in [0, 0.1) is 0 Å². The number of ketones is 1. The molecule has 0 aromatic heterocycles. The van der Waals surface area contributed by atoms with Crippen LogP contribution in [0.4, 0.5) is 5.69 Å². The zero-order chi connectivity index (χ0) is 13.4. The van der Waals surface area contributed by atoms with E-state index in [9.17, 15) is 9.59 Å². The Bertz CT molecular complexity index is 681. The van der Waals surface area contributed by atoms with Gasteiger partial charge in [0.15, 0.2) is 0 Å². The maximum atomic E-state index is 12.0. The summed E-state index contributed by atoms with van der Waals surface area (Å²) in [6.07, 6.45) is 0. The highest BCUT2D eigenvalue weighted by molar-refractivity contribution is 8.00. The Morgan fingerprint density at radius 3 is 2.84 bits per heavy atom. The van der Waals surface area contributed by atoms with E-state index in [1.807, 2.05) is 24.3 Å². The highest BCUT2D eigenvalue weighted by Crippen LogP contribution is 2.40. The Labute approximate surface area is 115 Å². The quantitative estimate of drug-likeness (QED) is 0.843. The molecular weight excluding hydrogens is 258 g/mol. The first kappa shape index (κ1) is 12.2. The number of benzene rings is 2. The normalized spacial score (nSPS) is 14.6. The summed E-state index contributed by atoms with van der Waals surface area (Å²) < 4.78 is 0. The largest absolute Gasteiger partial charge is 0.303 e. The van der Waals surface area contributed by atoms with Crippen molar-refractivity contribution >= 4 is 39.9 Å². The fourth-order valence-corrected chi connectivity index (χ4v) is 3.43. The Morgan fingerprint density at radius 2 is 2.05 bits per heavy atom. The van der Waals surface area contributed by atoms with E-state index in [2.05, 4.69) is 12.1 Å². The number of anilines is 1. The fourth-order valence-electron chi connectivity index (χ4n) is 2.34. The van der Waals surface area contributed by atoms with Crippen LogP contribution in [0.25, 0.3) is 10.8 Å². The molecule has 1 amide bonds. The Kier molecular flexibility index (Phi) is 3.03. The zero-order valence-electron chi connectivity index (χ0n) is 10.6. The second-order valence-corrected chi connectivity index (χ2v) is 5.59. The number of thioether (sulfide) groups is 1. The van der Waals surface area contributed by atoms with Crippen LogP contribution in [0.15, 0.2) is 41.3 Å². The van der Waals surface area contributed by atoms with Crippen molar-refractivity contribution < 1.29 is 9.59 Å². The van der Waals surface area contributed by atoms with E-state index in [0.717, 1.165) is 21.4 Å². The van der Waals surface area contributed by atoms with Gasteiger partial charge in [0.25, 0.3) is 0 Å². The van der Waals surface area contributed by atoms with Gasteiger partial charge in [-0.1, -0.05) is 30.3 Å². The van der Waals surface area contributed by atoms with Crippen LogP contribution in [0.1, 0.15) is 6.92 Å². The number of fused-ring (bicyclic) bond motifs is 3. The Hall–Kier alpha value is -1.81. The third-order valence-electron chi connectivity index (χ3n) is 3.17. The lowest BCUT2D eigenvalue weighted by Gasteiger charge is -2.29. The van der Waals surface area contributed by atoms with Gasteiger partial charge in [-0.2, -0.15) is 0 Å². The van der Waals surface area contributed by atoms with Gasteiger partial charge in [-0.15, -0.1) is 11.8 Å². The van der Waals surface area contributed by atoms with Crippen molar-refractivity contribution in [3.8, 4) is 0 Å². The van der Waals surface area contributed by atoms with E-state index in [4.69, 9.17) is 0 Å². The number of amides is 1. The van der Waals surface area contributed by atoms with E-state index in [0.29, 0.717) is 5.75 Å². The molecule has 0 radical (unpaired) electrons. The molecular formula is C15H13NO2S. The molecule has 0 aliphatic carbocycles. The molecule has 19 heavy (non-hydrogen) atoms. The first-order valence-electron chi connectivity index (χ1n) is 6.11. The molecule has 0 saturated heterocycles. The minimum Gasteiger partial charge on any atom is -0.303 e. The summed E-state index contributed by atoms with van der Waals surface area (Å²) in [4.78, 5) is 26.0. The Balaban J connectivity index is 2.18. The van der Waals surface area contributed by atoms with E-state index in [1.165, 1.54) is 6.92 Å². The summed E-state index contributed by atoms with van der Waals surface area (Å²) >= 11 is 1.55. The van der Waals surface area contributed by atoms with Crippen molar-refractivity contribution in [3.63, 3.8) is 0 Å². The first-order chi connectivity index (χ1) is 9.16. The molecule has 2 aromatic carbocycles.